The van der Waals surface area contributed by atoms with Gasteiger partial charge in [-0.05, 0) is 19.1 Å². The molecule has 108 valence electrons. The van der Waals surface area contributed by atoms with Crippen LogP contribution in [0.3, 0.4) is 0 Å². The highest BCUT2D eigenvalue weighted by Gasteiger charge is 2.18. The zero-order valence-electron chi connectivity index (χ0n) is 11.6. The van der Waals surface area contributed by atoms with Crippen molar-refractivity contribution in [2.24, 2.45) is 0 Å². The molecule has 1 atom stereocenters. The molecule has 0 aliphatic heterocycles. The highest BCUT2D eigenvalue weighted by atomic mass is 19.1. The van der Waals surface area contributed by atoms with Gasteiger partial charge >= 0.3 is 0 Å². The third-order valence-corrected chi connectivity index (χ3v) is 3.27. The second-order valence-electron chi connectivity index (χ2n) is 4.58. The van der Waals surface area contributed by atoms with Gasteiger partial charge in [0.1, 0.15) is 23.7 Å². The molecule has 21 heavy (non-hydrogen) atoms. The van der Waals surface area contributed by atoms with Crippen LogP contribution in [0.5, 0.6) is 5.75 Å². The van der Waals surface area contributed by atoms with Crippen molar-refractivity contribution in [1.29, 1.82) is 0 Å². The van der Waals surface area contributed by atoms with E-state index in [0.29, 0.717) is 22.8 Å². The zero-order chi connectivity index (χ0) is 14.8. The molecule has 0 saturated carbocycles. The van der Waals surface area contributed by atoms with Gasteiger partial charge in [-0.15, -0.1) is 0 Å². The largest absolute Gasteiger partial charge is 0.496 e. The maximum absolute atomic E-state index is 14.1. The van der Waals surface area contributed by atoms with E-state index in [1.54, 1.807) is 18.3 Å². The Morgan fingerprint density at radius 2 is 2.19 bits per heavy atom. The fraction of sp³-hybridized carbons (Fsp3) is 0.214. The van der Waals surface area contributed by atoms with Crippen molar-refractivity contribution >= 4 is 16.9 Å². The van der Waals surface area contributed by atoms with E-state index in [0.717, 1.165) is 5.39 Å². The molecule has 0 fully saturated rings. The summed E-state index contributed by atoms with van der Waals surface area (Å²) in [5.74, 6) is 0.755. The minimum Gasteiger partial charge on any atom is -0.496 e. The van der Waals surface area contributed by atoms with Gasteiger partial charge in [0.2, 0.25) is 0 Å². The van der Waals surface area contributed by atoms with Gasteiger partial charge in [0.05, 0.1) is 30.3 Å². The molecule has 0 spiro atoms. The first kappa shape index (κ1) is 13.3. The molecular weight excluding hydrogens is 273 g/mol. The number of aromatic nitrogens is 4. The second-order valence-corrected chi connectivity index (χ2v) is 4.58. The summed E-state index contributed by atoms with van der Waals surface area (Å²) in [6, 6.07) is 4.42. The van der Waals surface area contributed by atoms with Crippen molar-refractivity contribution in [3.63, 3.8) is 0 Å². The second kappa shape index (κ2) is 5.35. The Labute approximate surface area is 120 Å². The van der Waals surface area contributed by atoms with E-state index in [1.807, 2.05) is 6.92 Å². The Hall–Kier alpha value is -2.70. The molecule has 0 aliphatic rings. The van der Waals surface area contributed by atoms with Gasteiger partial charge in [-0.2, -0.15) is 5.10 Å². The van der Waals surface area contributed by atoms with Crippen molar-refractivity contribution in [2.45, 2.75) is 13.0 Å². The van der Waals surface area contributed by atoms with Gasteiger partial charge in [0, 0.05) is 0 Å². The van der Waals surface area contributed by atoms with Crippen LogP contribution in [-0.2, 0) is 0 Å². The molecule has 0 amide bonds. The minimum absolute atomic E-state index is 0.325. The Bertz CT molecular complexity index is 773. The lowest BCUT2D eigenvalue weighted by Crippen LogP contribution is -2.11. The minimum atomic E-state index is -0.327. The molecule has 2 N–H and O–H groups in total. The molecule has 3 rings (SSSR count). The standard InChI is InChI=1S/C14H14FN5O/c1-8(12-10(15)4-3-5-11(12)21-2)19-13-9-6-18-20-14(9)17-7-16-13/h3-8H,1-2H3,(H2,16,17,18,19,20). The van der Waals surface area contributed by atoms with Crippen molar-refractivity contribution < 1.29 is 9.13 Å². The third-order valence-electron chi connectivity index (χ3n) is 3.27. The molecule has 3 aromatic rings. The number of hydrogen-bond donors (Lipinski definition) is 2. The van der Waals surface area contributed by atoms with Crippen molar-refractivity contribution in [3.8, 4) is 5.75 Å². The Morgan fingerprint density at radius 3 is 3.00 bits per heavy atom. The van der Waals surface area contributed by atoms with Crippen LogP contribution >= 0.6 is 0 Å². The highest BCUT2D eigenvalue weighted by Crippen LogP contribution is 2.30. The van der Waals surface area contributed by atoms with Gasteiger partial charge in [-0.3, -0.25) is 5.10 Å². The van der Waals surface area contributed by atoms with Gasteiger partial charge in [-0.25, -0.2) is 14.4 Å². The van der Waals surface area contributed by atoms with Gasteiger partial charge < -0.3 is 10.1 Å². The van der Waals surface area contributed by atoms with Crippen molar-refractivity contribution in [1.82, 2.24) is 20.2 Å². The number of anilines is 1. The first-order valence-corrected chi connectivity index (χ1v) is 6.43. The number of halogens is 1. The normalized spacial score (nSPS) is 12.3. The van der Waals surface area contributed by atoms with Crippen LogP contribution in [0.25, 0.3) is 11.0 Å². The summed E-state index contributed by atoms with van der Waals surface area (Å²) in [7, 11) is 1.52. The van der Waals surface area contributed by atoms with Crippen LogP contribution in [0.4, 0.5) is 10.2 Å². The van der Waals surface area contributed by atoms with E-state index in [2.05, 4.69) is 25.5 Å². The molecule has 6 nitrogen and oxygen atoms in total. The molecular formula is C14H14FN5O. The smallest absolute Gasteiger partial charge is 0.160 e. The molecule has 2 aromatic heterocycles. The maximum Gasteiger partial charge on any atom is 0.160 e. The summed E-state index contributed by atoms with van der Waals surface area (Å²) >= 11 is 0. The Kier molecular flexibility index (Phi) is 3.39. The van der Waals surface area contributed by atoms with Crippen molar-refractivity contribution in [3.05, 3.63) is 42.1 Å². The van der Waals surface area contributed by atoms with Gasteiger partial charge in [0.25, 0.3) is 0 Å². The van der Waals surface area contributed by atoms with Crippen LogP contribution in [0.15, 0.2) is 30.7 Å². The van der Waals surface area contributed by atoms with E-state index in [-0.39, 0.29) is 11.9 Å². The molecule has 1 unspecified atom stereocenters. The van der Waals surface area contributed by atoms with E-state index < -0.39 is 0 Å². The first-order valence-electron chi connectivity index (χ1n) is 6.43. The van der Waals surface area contributed by atoms with Crippen LogP contribution in [0.1, 0.15) is 18.5 Å². The number of nitrogens with one attached hydrogen (secondary N) is 2. The van der Waals surface area contributed by atoms with E-state index in [1.165, 1.54) is 19.5 Å². The number of methoxy groups -OCH3 is 1. The fourth-order valence-corrected chi connectivity index (χ4v) is 2.27. The zero-order valence-corrected chi connectivity index (χ0v) is 11.6. The molecule has 0 bridgehead atoms. The number of nitrogens with zero attached hydrogens (tertiary/aromatic N) is 3. The summed E-state index contributed by atoms with van der Waals surface area (Å²) in [5.41, 5.74) is 1.08. The average molecular weight is 287 g/mol. The first-order chi connectivity index (χ1) is 10.2. The maximum atomic E-state index is 14.1. The highest BCUT2D eigenvalue weighted by molar-refractivity contribution is 5.85. The van der Waals surface area contributed by atoms with Gasteiger partial charge in [0.15, 0.2) is 5.65 Å². The number of rotatable bonds is 4. The molecule has 1 aromatic carbocycles. The number of fused-ring (bicyclic) bond motifs is 1. The van der Waals surface area contributed by atoms with Crippen LogP contribution < -0.4 is 10.1 Å². The lowest BCUT2D eigenvalue weighted by Gasteiger charge is -2.18. The van der Waals surface area contributed by atoms with E-state index in [9.17, 15) is 4.39 Å². The summed E-state index contributed by atoms with van der Waals surface area (Å²) in [6.07, 6.45) is 3.05. The van der Waals surface area contributed by atoms with Gasteiger partial charge in [-0.1, -0.05) is 6.07 Å². The van der Waals surface area contributed by atoms with Crippen LogP contribution in [0.2, 0.25) is 0 Å². The number of ether oxygens (including phenoxy) is 1. The lowest BCUT2D eigenvalue weighted by molar-refractivity contribution is 0.402. The average Bonchev–Trinajstić information content (AvgIpc) is 2.96. The van der Waals surface area contributed by atoms with Crippen LogP contribution in [-0.4, -0.2) is 27.3 Å². The topological polar surface area (TPSA) is 75.7 Å². The summed E-state index contributed by atoms with van der Waals surface area (Å²) in [5, 5.41) is 10.6. The monoisotopic (exact) mass is 287 g/mol. The van der Waals surface area contributed by atoms with Crippen molar-refractivity contribution in [2.75, 3.05) is 12.4 Å². The molecule has 0 radical (unpaired) electrons. The Balaban J connectivity index is 1.97. The summed E-state index contributed by atoms with van der Waals surface area (Å²) in [6.45, 7) is 1.84. The van der Waals surface area contributed by atoms with E-state index in [4.69, 9.17) is 4.74 Å². The Morgan fingerprint density at radius 1 is 1.33 bits per heavy atom. The fourth-order valence-electron chi connectivity index (χ4n) is 2.27. The number of hydrogen-bond acceptors (Lipinski definition) is 5. The predicted octanol–water partition coefficient (Wildman–Crippen LogP) is 2.67. The lowest BCUT2D eigenvalue weighted by atomic mass is 10.1. The molecule has 2 heterocycles. The molecule has 0 saturated heterocycles. The number of H-pyrrole nitrogens is 1. The number of benzene rings is 1. The summed E-state index contributed by atoms with van der Waals surface area (Å²) < 4.78 is 19.3. The predicted molar refractivity (Wildman–Crippen MR) is 76.7 cm³/mol. The molecule has 7 heteroatoms. The SMILES string of the molecule is COc1cccc(F)c1C(C)Nc1ncnc2[nH]ncc12. The van der Waals surface area contributed by atoms with E-state index >= 15 is 0 Å². The molecule has 0 aliphatic carbocycles. The van der Waals surface area contributed by atoms with Crippen LogP contribution in [0, 0.1) is 5.82 Å². The quantitative estimate of drug-likeness (QED) is 0.771. The number of aromatic amines is 1. The summed E-state index contributed by atoms with van der Waals surface area (Å²) in [4.78, 5) is 8.25. The third kappa shape index (κ3) is 2.37.